The van der Waals surface area contributed by atoms with Crippen LogP contribution in [-0.4, -0.2) is 13.2 Å². The van der Waals surface area contributed by atoms with E-state index in [-0.39, 0.29) is 0 Å². The van der Waals surface area contributed by atoms with Crippen LogP contribution in [0.25, 0.3) is 0 Å². The van der Waals surface area contributed by atoms with Crippen LogP contribution in [0.1, 0.15) is 30.4 Å². The minimum absolute atomic E-state index is 0.644. The Hall–Kier alpha value is -0.820. The molecule has 0 spiro atoms. The zero-order valence-electron chi connectivity index (χ0n) is 8.12. The number of hydrogen-bond donors (Lipinski definition) is 0. The fraction of sp³-hybridized carbons (Fsp3) is 0.500. The summed E-state index contributed by atoms with van der Waals surface area (Å²) in [6, 6.07) is 8.96. The Morgan fingerprint density at radius 1 is 1.31 bits per heavy atom. The third-order valence-corrected chi connectivity index (χ3v) is 2.79. The Morgan fingerprint density at radius 2 is 2.08 bits per heavy atom. The van der Waals surface area contributed by atoms with Crippen molar-refractivity contribution in [1.82, 2.24) is 0 Å². The number of aryl methyl sites for hydroxylation is 1. The molecule has 1 aromatic carbocycles. The Kier molecular flexibility index (Phi) is 2.65. The van der Waals surface area contributed by atoms with Gasteiger partial charge in [-0.3, -0.25) is 0 Å². The van der Waals surface area contributed by atoms with E-state index in [0.29, 0.717) is 5.92 Å². The minimum Gasteiger partial charge on any atom is -0.381 e. The zero-order chi connectivity index (χ0) is 9.10. The molecule has 0 aromatic heterocycles. The van der Waals surface area contributed by atoms with Gasteiger partial charge in [0.1, 0.15) is 0 Å². The molecule has 0 unspecified atom stereocenters. The molecule has 1 fully saturated rings. The van der Waals surface area contributed by atoms with Gasteiger partial charge in [-0.2, -0.15) is 0 Å². The van der Waals surface area contributed by atoms with E-state index in [4.69, 9.17) is 4.74 Å². The van der Waals surface area contributed by atoms with Crippen LogP contribution in [0.3, 0.4) is 0 Å². The molecule has 1 atom stereocenters. The number of rotatable bonds is 2. The molecule has 2 rings (SSSR count). The highest BCUT2D eigenvalue weighted by molar-refractivity contribution is 5.25. The standard InChI is InChI=1S/C12H16O/c1-2-10-3-5-11(6-4-10)12-7-8-13-9-12/h3-6,12H,2,7-9H2,1H3/t12-/m0/s1. The van der Waals surface area contributed by atoms with Gasteiger partial charge in [0.05, 0.1) is 6.61 Å². The van der Waals surface area contributed by atoms with Crippen LogP contribution in [0.15, 0.2) is 24.3 Å². The van der Waals surface area contributed by atoms with Gasteiger partial charge in [-0.15, -0.1) is 0 Å². The Balaban J connectivity index is 2.12. The molecule has 0 bridgehead atoms. The van der Waals surface area contributed by atoms with Gasteiger partial charge in [0.15, 0.2) is 0 Å². The van der Waals surface area contributed by atoms with E-state index in [9.17, 15) is 0 Å². The van der Waals surface area contributed by atoms with E-state index in [1.165, 1.54) is 17.5 Å². The Bertz CT molecular complexity index is 257. The second-order valence-corrected chi connectivity index (χ2v) is 3.66. The summed E-state index contributed by atoms with van der Waals surface area (Å²) in [4.78, 5) is 0. The lowest BCUT2D eigenvalue weighted by atomic mass is 9.97. The number of benzene rings is 1. The van der Waals surface area contributed by atoms with Gasteiger partial charge in [-0.05, 0) is 24.0 Å². The molecule has 0 aliphatic carbocycles. The maximum absolute atomic E-state index is 5.37. The molecule has 1 aliphatic heterocycles. The molecule has 1 nitrogen and oxygen atoms in total. The zero-order valence-corrected chi connectivity index (χ0v) is 8.12. The molecule has 0 saturated carbocycles. The van der Waals surface area contributed by atoms with E-state index in [1.54, 1.807) is 0 Å². The van der Waals surface area contributed by atoms with Crippen molar-refractivity contribution >= 4 is 0 Å². The van der Waals surface area contributed by atoms with Gasteiger partial charge in [-0.25, -0.2) is 0 Å². The van der Waals surface area contributed by atoms with Gasteiger partial charge >= 0.3 is 0 Å². The maximum Gasteiger partial charge on any atom is 0.0535 e. The molecule has 1 heterocycles. The SMILES string of the molecule is CCc1ccc([C@H]2CCOC2)cc1. The lowest BCUT2D eigenvalue weighted by molar-refractivity contribution is 0.194. The van der Waals surface area contributed by atoms with Gasteiger partial charge in [-0.1, -0.05) is 31.2 Å². The summed E-state index contributed by atoms with van der Waals surface area (Å²) in [6.07, 6.45) is 2.31. The highest BCUT2D eigenvalue weighted by atomic mass is 16.5. The van der Waals surface area contributed by atoms with E-state index in [1.807, 2.05) is 0 Å². The van der Waals surface area contributed by atoms with E-state index in [2.05, 4.69) is 31.2 Å². The smallest absolute Gasteiger partial charge is 0.0535 e. The molecular formula is C12H16O. The molecule has 0 radical (unpaired) electrons. The normalized spacial score (nSPS) is 22.1. The predicted molar refractivity (Wildman–Crippen MR) is 54.0 cm³/mol. The fourth-order valence-electron chi connectivity index (χ4n) is 1.82. The molecule has 1 saturated heterocycles. The van der Waals surface area contributed by atoms with Crippen molar-refractivity contribution in [3.05, 3.63) is 35.4 Å². The lowest BCUT2D eigenvalue weighted by Gasteiger charge is -2.07. The summed E-state index contributed by atoms with van der Waals surface area (Å²) in [5.74, 6) is 0.644. The molecule has 70 valence electrons. The second kappa shape index (κ2) is 3.93. The first kappa shape index (κ1) is 8.76. The molecular weight excluding hydrogens is 160 g/mol. The summed E-state index contributed by atoms with van der Waals surface area (Å²) in [5.41, 5.74) is 2.86. The fourth-order valence-corrected chi connectivity index (χ4v) is 1.82. The molecule has 0 N–H and O–H groups in total. The molecule has 1 aliphatic rings. The van der Waals surface area contributed by atoms with Crippen LogP contribution < -0.4 is 0 Å². The third-order valence-electron chi connectivity index (χ3n) is 2.79. The van der Waals surface area contributed by atoms with Gasteiger partial charge in [0, 0.05) is 12.5 Å². The number of ether oxygens (including phenoxy) is 1. The largest absolute Gasteiger partial charge is 0.381 e. The first-order valence-corrected chi connectivity index (χ1v) is 5.06. The topological polar surface area (TPSA) is 9.23 Å². The van der Waals surface area contributed by atoms with Crippen molar-refractivity contribution in [2.45, 2.75) is 25.7 Å². The first-order chi connectivity index (χ1) is 6.40. The van der Waals surface area contributed by atoms with Crippen molar-refractivity contribution in [3.8, 4) is 0 Å². The van der Waals surface area contributed by atoms with Gasteiger partial charge in [0.2, 0.25) is 0 Å². The molecule has 13 heavy (non-hydrogen) atoms. The summed E-state index contributed by atoms with van der Waals surface area (Å²) >= 11 is 0. The van der Waals surface area contributed by atoms with Crippen LogP contribution in [-0.2, 0) is 11.2 Å². The van der Waals surface area contributed by atoms with Crippen molar-refractivity contribution in [3.63, 3.8) is 0 Å². The quantitative estimate of drug-likeness (QED) is 0.673. The average Bonchev–Trinajstić information content (AvgIpc) is 2.71. The van der Waals surface area contributed by atoms with Crippen LogP contribution in [0.5, 0.6) is 0 Å². The highest BCUT2D eigenvalue weighted by Crippen LogP contribution is 2.25. The van der Waals surface area contributed by atoms with E-state index >= 15 is 0 Å². The van der Waals surface area contributed by atoms with Crippen molar-refractivity contribution in [1.29, 1.82) is 0 Å². The first-order valence-electron chi connectivity index (χ1n) is 5.06. The highest BCUT2D eigenvalue weighted by Gasteiger charge is 2.16. The van der Waals surface area contributed by atoms with Crippen molar-refractivity contribution in [2.75, 3.05) is 13.2 Å². The third kappa shape index (κ3) is 1.92. The summed E-state index contributed by atoms with van der Waals surface area (Å²) < 4.78 is 5.37. The van der Waals surface area contributed by atoms with Crippen LogP contribution in [0.2, 0.25) is 0 Å². The van der Waals surface area contributed by atoms with Crippen LogP contribution in [0.4, 0.5) is 0 Å². The number of hydrogen-bond acceptors (Lipinski definition) is 1. The monoisotopic (exact) mass is 176 g/mol. The Morgan fingerprint density at radius 3 is 2.62 bits per heavy atom. The Labute approximate surface area is 79.7 Å². The summed E-state index contributed by atoms with van der Waals surface area (Å²) in [7, 11) is 0. The van der Waals surface area contributed by atoms with Crippen LogP contribution >= 0.6 is 0 Å². The minimum atomic E-state index is 0.644. The summed E-state index contributed by atoms with van der Waals surface area (Å²) in [6.45, 7) is 4.03. The van der Waals surface area contributed by atoms with Crippen molar-refractivity contribution < 1.29 is 4.74 Å². The lowest BCUT2D eigenvalue weighted by Crippen LogP contribution is -1.97. The van der Waals surface area contributed by atoms with Gasteiger partial charge < -0.3 is 4.74 Å². The summed E-state index contributed by atoms with van der Waals surface area (Å²) in [5, 5.41) is 0. The predicted octanol–water partition coefficient (Wildman–Crippen LogP) is 2.75. The average molecular weight is 176 g/mol. The van der Waals surface area contributed by atoms with E-state index in [0.717, 1.165) is 19.6 Å². The van der Waals surface area contributed by atoms with E-state index < -0.39 is 0 Å². The molecule has 0 amide bonds. The molecule has 1 aromatic rings. The molecule has 1 heteroatoms. The maximum atomic E-state index is 5.37. The van der Waals surface area contributed by atoms with Crippen molar-refractivity contribution in [2.24, 2.45) is 0 Å². The van der Waals surface area contributed by atoms with Crippen LogP contribution in [0, 0.1) is 0 Å². The second-order valence-electron chi connectivity index (χ2n) is 3.66. The van der Waals surface area contributed by atoms with Gasteiger partial charge in [0.25, 0.3) is 0 Å².